The molecular formula is C12H14ClN5O. The number of nitrogens with zero attached hydrogens (tertiary/aromatic N) is 4. The number of carbonyl (C=O) groups is 1. The Morgan fingerprint density at radius 1 is 1.32 bits per heavy atom. The number of halogens is 1. The van der Waals surface area contributed by atoms with Crippen LogP contribution in [0.3, 0.4) is 0 Å². The van der Waals surface area contributed by atoms with Crippen molar-refractivity contribution in [1.29, 1.82) is 0 Å². The maximum absolute atomic E-state index is 12.1. The van der Waals surface area contributed by atoms with E-state index in [0.717, 1.165) is 5.69 Å². The third-order valence-electron chi connectivity index (χ3n) is 2.48. The molecule has 0 saturated carbocycles. The van der Waals surface area contributed by atoms with Gasteiger partial charge in [0.1, 0.15) is 10.8 Å². The third kappa shape index (κ3) is 3.08. The highest BCUT2D eigenvalue weighted by molar-refractivity contribution is 6.29. The van der Waals surface area contributed by atoms with Gasteiger partial charge >= 0.3 is 0 Å². The Kier molecular flexibility index (Phi) is 3.80. The van der Waals surface area contributed by atoms with Gasteiger partial charge in [0.05, 0.1) is 5.69 Å². The van der Waals surface area contributed by atoms with E-state index in [4.69, 9.17) is 11.6 Å². The normalized spacial score (nSPS) is 10.5. The zero-order valence-electron chi connectivity index (χ0n) is 10.9. The first-order valence-corrected chi connectivity index (χ1v) is 6.24. The number of aromatic nitrogens is 4. The van der Waals surface area contributed by atoms with Crippen molar-refractivity contribution in [3.63, 3.8) is 0 Å². The molecule has 0 aromatic carbocycles. The van der Waals surface area contributed by atoms with Gasteiger partial charge in [0, 0.05) is 12.2 Å². The molecule has 2 rings (SSSR count). The van der Waals surface area contributed by atoms with Crippen molar-refractivity contribution in [2.24, 2.45) is 0 Å². The summed E-state index contributed by atoms with van der Waals surface area (Å²) in [5, 5.41) is 7.13. The monoisotopic (exact) mass is 279 g/mol. The fraction of sp³-hybridized carbons (Fsp3) is 0.333. The molecule has 0 aliphatic heterocycles. The molecule has 2 aromatic heterocycles. The lowest BCUT2D eigenvalue weighted by atomic mass is 10.3. The fourth-order valence-corrected chi connectivity index (χ4v) is 1.96. The van der Waals surface area contributed by atoms with E-state index in [2.05, 4.69) is 20.4 Å². The molecule has 6 nitrogen and oxygen atoms in total. The molecule has 0 radical (unpaired) electrons. The molecule has 0 atom stereocenters. The van der Waals surface area contributed by atoms with Crippen molar-refractivity contribution in [2.75, 3.05) is 5.32 Å². The van der Waals surface area contributed by atoms with Crippen LogP contribution in [0.2, 0.25) is 5.15 Å². The number of rotatable bonds is 3. The third-order valence-corrected chi connectivity index (χ3v) is 2.68. The Labute approximate surface area is 115 Å². The highest BCUT2D eigenvalue weighted by Crippen LogP contribution is 2.11. The Morgan fingerprint density at radius 3 is 2.68 bits per heavy atom. The summed E-state index contributed by atoms with van der Waals surface area (Å²) in [7, 11) is 0. The smallest absolute Gasteiger partial charge is 0.276 e. The van der Waals surface area contributed by atoms with Crippen LogP contribution in [0.25, 0.3) is 0 Å². The summed E-state index contributed by atoms with van der Waals surface area (Å²) in [6.07, 6.45) is 0. The molecule has 2 aromatic rings. The molecule has 0 spiro atoms. The van der Waals surface area contributed by atoms with Crippen LogP contribution in [0.4, 0.5) is 5.95 Å². The SMILES string of the molecule is CCn1nc(C)cc1C(=O)Nc1nc(C)cc(Cl)n1. The number of hydrogen-bond acceptors (Lipinski definition) is 4. The van der Waals surface area contributed by atoms with Crippen molar-refractivity contribution in [1.82, 2.24) is 19.7 Å². The van der Waals surface area contributed by atoms with Gasteiger partial charge in [0.15, 0.2) is 0 Å². The lowest BCUT2D eigenvalue weighted by Gasteiger charge is -2.06. The standard InChI is InChI=1S/C12H14ClN5O/c1-4-18-9(5-8(3)17-18)11(19)16-12-14-7(2)6-10(13)15-12/h5-6H,4H2,1-3H3,(H,14,15,16,19). The van der Waals surface area contributed by atoms with Gasteiger partial charge in [-0.25, -0.2) is 9.97 Å². The van der Waals surface area contributed by atoms with E-state index in [9.17, 15) is 4.79 Å². The van der Waals surface area contributed by atoms with Crippen LogP contribution in [0.15, 0.2) is 12.1 Å². The Balaban J connectivity index is 2.25. The van der Waals surface area contributed by atoms with Gasteiger partial charge in [0.2, 0.25) is 5.95 Å². The number of hydrogen-bond donors (Lipinski definition) is 1. The van der Waals surface area contributed by atoms with E-state index in [1.165, 1.54) is 0 Å². The van der Waals surface area contributed by atoms with Crippen LogP contribution in [0.5, 0.6) is 0 Å². The predicted molar refractivity (Wildman–Crippen MR) is 72.4 cm³/mol. The van der Waals surface area contributed by atoms with Crippen LogP contribution in [0, 0.1) is 13.8 Å². The second kappa shape index (κ2) is 5.36. The predicted octanol–water partition coefficient (Wildman–Crippen LogP) is 2.22. The number of anilines is 1. The number of aryl methyl sites for hydroxylation is 3. The molecule has 1 amide bonds. The van der Waals surface area contributed by atoms with E-state index in [1.54, 1.807) is 23.7 Å². The van der Waals surface area contributed by atoms with E-state index >= 15 is 0 Å². The molecule has 1 N–H and O–H groups in total. The van der Waals surface area contributed by atoms with Gasteiger partial charge in [-0.1, -0.05) is 11.6 Å². The van der Waals surface area contributed by atoms with Gasteiger partial charge in [-0.3, -0.25) is 14.8 Å². The summed E-state index contributed by atoms with van der Waals surface area (Å²) in [5.74, 6) is -0.111. The molecule has 0 aliphatic rings. The Hall–Kier alpha value is -1.95. The first kappa shape index (κ1) is 13.5. The fourth-order valence-electron chi connectivity index (χ4n) is 1.72. The largest absolute Gasteiger partial charge is 0.289 e. The summed E-state index contributed by atoms with van der Waals surface area (Å²) >= 11 is 5.82. The minimum atomic E-state index is -0.302. The van der Waals surface area contributed by atoms with Crippen LogP contribution >= 0.6 is 11.6 Å². The maximum Gasteiger partial charge on any atom is 0.276 e. The Bertz CT molecular complexity index is 602. The van der Waals surface area contributed by atoms with Crippen LogP contribution in [0.1, 0.15) is 28.8 Å². The summed E-state index contributed by atoms with van der Waals surface area (Å²) < 4.78 is 1.63. The zero-order chi connectivity index (χ0) is 14.0. The first-order valence-electron chi connectivity index (χ1n) is 5.86. The van der Waals surface area contributed by atoms with Gasteiger partial charge in [0.25, 0.3) is 5.91 Å². The van der Waals surface area contributed by atoms with Gasteiger partial charge in [-0.15, -0.1) is 0 Å². The van der Waals surface area contributed by atoms with Crippen LogP contribution < -0.4 is 5.32 Å². The van der Waals surface area contributed by atoms with Gasteiger partial charge < -0.3 is 0 Å². The summed E-state index contributed by atoms with van der Waals surface area (Å²) in [6.45, 7) is 6.15. The van der Waals surface area contributed by atoms with Crippen molar-refractivity contribution in [2.45, 2.75) is 27.3 Å². The molecule has 0 saturated heterocycles. The highest BCUT2D eigenvalue weighted by atomic mass is 35.5. The zero-order valence-corrected chi connectivity index (χ0v) is 11.7. The van der Waals surface area contributed by atoms with Crippen LogP contribution in [-0.4, -0.2) is 25.7 Å². The van der Waals surface area contributed by atoms with Crippen molar-refractivity contribution < 1.29 is 4.79 Å². The molecule has 0 unspecified atom stereocenters. The quantitative estimate of drug-likeness (QED) is 0.875. The molecule has 7 heteroatoms. The molecule has 0 fully saturated rings. The number of carbonyl (C=O) groups excluding carboxylic acids is 1. The second-order valence-electron chi connectivity index (χ2n) is 4.10. The molecular weight excluding hydrogens is 266 g/mol. The molecule has 0 bridgehead atoms. The number of nitrogens with one attached hydrogen (secondary N) is 1. The second-order valence-corrected chi connectivity index (χ2v) is 4.48. The lowest BCUT2D eigenvalue weighted by Crippen LogP contribution is -2.19. The summed E-state index contributed by atoms with van der Waals surface area (Å²) in [6, 6.07) is 3.34. The Morgan fingerprint density at radius 2 is 2.05 bits per heavy atom. The highest BCUT2D eigenvalue weighted by Gasteiger charge is 2.14. The van der Waals surface area contributed by atoms with Crippen LogP contribution in [-0.2, 0) is 6.54 Å². The van der Waals surface area contributed by atoms with E-state index in [0.29, 0.717) is 23.1 Å². The van der Waals surface area contributed by atoms with E-state index < -0.39 is 0 Å². The molecule has 2 heterocycles. The van der Waals surface area contributed by atoms with Crippen molar-refractivity contribution >= 4 is 23.5 Å². The minimum absolute atomic E-state index is 0.191. The average Bonchev–Trinajstić information content (AvgIpc) is 2.69. The first-order chi connectivity index (χ1) is 8.99. The van der Waals surface area contributed by atoms with E-state index in [1.807, 2.05) is 13.8 Å². The maximum atomic E-state index is 12.1. The molecule has 100 valence electrons. The minimum Gasteiger partial charge on any atom is -0.289 e. The summed E-state index contributed by atoms with van der Waals surface area (Å²) in [5.41, 5.74) is 1.95. The van der Waals surface area contributed by atoms with Gasteiger partial charge in [-0.2, -0.15) is 5.10 Å². The van der Waals surface area contributed by atoms with E-state index in [-0.39, 0.29) is 11.9 Å². The molecule has 19 heavy (non-hydrogen) atoms. The van der Waals surface area contributed by atoms with Gasteiger partial charge in [-0.05, 0) is 32.9 Å². The molecule has 0 aliphatic carbocycles. The topological polar surface area (TPSA) is 72.7 Å². The average molecular weight is 280 g/mol. The summed E-state index contributed by atoms with van der Waals surface area (Å²) in [4.78, 5) is 20.2. The lowest BCUT2D eigenvalue weighted by molar-refractivity contribution is 0.101. The van der Waals surface area contributed by atoms with Crippen molar-refractivity contribution in [3.8, 4) is 0 Å². The number of amides is 1. The van der Waals surface area contributed by atoms with Crippen molar-refractivity contribution in [3.05, 3.63) is 34.4 Å².